The zero-order valence-electron chi connectivity index (χ0n) is 16.9. The first-order valence-corrected chi connectivity index (χ1v) is 9.65. The van der Waals surface area contributed by atoms with Crippen molar-refractivity contribution >= 4 is 17.0 Å². The molecule has 0 aliphatic rings. The number of halogens is 1. The van der Waals surface area contributed by atoms with Crippen LogP contribution in [-0.4, -0.2) is 38.8 Å². The van der Waals surface area contributed by atoms with Gasteiger partial charge in [-0.15, -0.1) is 11.3 Å². The van der Waals surface area contributed by atoms with Crippen LogP contribution in [-0.2, 0) is 0 Å². The lowest BCUT2D eigenvalue weighted by molar-refractivity contribution is 0.324. The maximum Gasteiger partial charge on any atom is 0.205 e. The molecule has 0 aliphatic heterocycles. The third kappa shape index (κ3) is 4.17. The van der Waals surface area contributed by atoms with E-state index >= 15 is 0 Å². The zero-order chi connectivity index (χ0) is 21.0. The van der Waals surface area contributed by atoms with E-state index in [4.69, 9.17) is 19.3 Å². The highest BCUT2D eigenvalue weighted by Crippen LogP contribution is 2.38. The van der Waals surface area contributed by atoms with Gasteiger partial charge in [0, 0.05) is 23.6 Å². The van der Waals surface area contributed by atoms with Crippen molar-refractivity contribution in [3.63, 3.8) is 0 Å². The Morgan fingerprint density at radius 3 is 2.14 bits per heavy atom. The van der Waals surface area contributed by atoms with Gasteiger partial charge in [0.25, 0.3) is 0 Å². The average Bonchev–Trinajstić information content (AvgIpc) is 3.15. The molecular formula is C21H22FN3O3S. The van der Waals surface area contributed by atoms with E-state index in [9.17, 15) is 4.39 Å². The fourth-order valence-electron chi connectivity index (χ4n) is 2.86. The maximum absolute atomic E-state index is 13.3. The number of hydrogen-bond donors (Lipinski definition) is 0. The summed E-state index contributed by atoms with van der Waals surface area (Å²) < 4.78 is 31.3. The van der Waals surface area contributed by atoms with Gasteiger partial charge in [0.05, 0.1) is 32.7 Å². The van der Waals surface area contributed by atoms with E-state index in [1.54, 1.807) is 45.2 Å². The smallest absolute Gasteiger partial charge is 0.205 e. The van der Waals surface area contributed by atoms with Gasteiger partial charge in [-0.25, -0.2) is 9.07 Å². The lowest BCUT2D eigenvalue weighted by Gasteiger charge is -2.14. The second kappa shape index (κ2) is 8.91. The van der Waals surface area contributed by atoms with E-state index in [0.29, 0.717) is 17.2 Å². The molecule has 3 aromatic rings. The fraction of sp³-hybridized carbons (Fsp3) is 0.238. The van der Waals surface area contributed by atoms with E-state index in [-0.39, 0.29) is 5.82 Å². The van der Waals surface area contributed by atoms with Gasteiger partial charge < -0.3 is 14.2 Å². The molecule has 0 radical (unpaired) electrons. The van der Waals surface area contributed by atoms with Gasteiger partial charge in [0.2, 0.25) is 10.6 Å². The summed E-state index contributed by atoms with van der Waals surface area (Å²) >= 11 is 1.46. The van der Waals surface area contributed by atoms with E-state index in [1.807, 2.05) is 24.4 Å². The number of benzene rings is 2. The number of aromatic nitrogens is 1. The Hall–Kier alpha value is -3.13. The molecule has 0 aliphatic carbocycles. The molecule has 2 aromatic carbocycles. The molecule has 1 heterocycles. The van der Waals surface area contributed by atoms with E-state index in [2.05, 4.69) is 4.99 Å². The van der Waals surface area contributed by atoms with Crippen LogP contribution in [0.5, 0.6) is 17.2 Å². The largest absolute Gasteiger partial charge is 0.493 e. The molecular weight excluding hydrogens is 393 g/mol. The molecule has 152 valence electrons. The van der Waals surface area contributed by atoms with Gasteiger partial charge in [-0.1, -0.05) is 0 Å². The second-order valence-electron chi connectivity index (χ2n) is 6.05. The predicted molar refractivity (Wildman–Crippen MR) is 113 cm³/mol. The third-order valence-electron chi connectivity index (χ3n) is 4.35. The molecule has 29 heavy (non-hydrogen) atoms. The zero-order valence-corrected chi connectivity index (χ0v) is 17.7. The van der Waals surface area contributed by atoms with E-state index < -0.39 is 0 Å². The summed E-state index contributed by atoms with van der Waals surface area (Å²) in [6, 6.07) is 9.97. The van der Waals surface area contributed by atoms with Gasteiger partial charge in [0.1, 0.15) is 5.82 Å². The third-order valence-corrected chi connectivity index (χ3v) is 5.26. The van der Waals surface area contributed by atoms with Gasteiger partial charge in [-0.3, -0.25) is 4.99 Å². The van der Waals surface area contributed by atoms with Crippen LogP contribution in [0.2, 0.25) is 0 Å². The Labute approximate surface area is 172 Å². The minimum Gasteiger partial charge on any atom is -0.493 e. The highest BCUT2D eigenvalue weighted by Gasteiger charge is 2.15. The van der Waals surface area contributed by atoms with Gasteiger partial charge >= 0.3 is 0 Å². The minimum absolute atomic E-state index is 0.284. The Kier molecular flexibility index (Phi) is 6.33. The molecule has 8 heteroatoms. The quantitative estimate of drug-likeness (QED) is 0.568. The van der Waals surface area contributed by atoms with Crippen LogP contribution in [0.15, 0.2) is 51.9 Å². The van der Waals surface area contributed by atoms with E-state index in [0.717, 1.165) is 27.3 Å². The molecule has 3 rings (SSSR count). The SMILES string of the molecule is CN=c1scc(-c2ccc(F)cc2)n1N=C(C)c1cc(OC)c(OC)c(OC)c1. The lowest BCUT2D eigenvalue weighted by atomic mass is 10.1. The first-order valence-electron chi connectivity index (χ1n) is 8.77. The Balaban J connectivity index is 2.14. The minimum atomic E-state index is -0.284. The fourth-order valence-corrected chi connectivity index (χ4v) is 3.66. The highest BCUT2D eigenvalue weighted by atomic mass is 32.1. The van der Waals surface area contributed by atoms with Gasteiger partial charge in [-0.2, -0.15) is 5.10 Å². The molecule has 6 nitrogen and oxygen atoms in total. The van der Waals surface area contributed by atoms with Crippen molar-refractivity contribution in [3.05, 3.63) is 58.0 Å². The van der Waals surface area contributed by atoms with Crippen molar-refractivity contribution in [2.45, 2.75) is 6.92 Å². The molecule has 0 spiro atoms. The molecule has 0 amide bonds. The predicted octanol–water partition coefficient (Wildman–Crippen LogP) is 4.18. The van der Waals surface area contributed by atoms with Crippen LogP contribution in [0.3, 0.4) is 0 Å². The van der Waals surface area contributed by atoms with Crippen molar-refractivity contribution in [3.8, 4) is 28.5 Å². The normalized spacial score (nSPS) is 12.2. The maximum atomic E-state index is 13.3. The average molecular weight is 415 g/mol. The van der Waals surface area contributed by atoms with Crippen LogP contribution in [0, 0.1) is 5.82 Å². The summed E-state index contributed by atoms with van der Waals surface area (Å²) in [6.07, 6.45) is 0. The number of methoxy groups -OCH3 is 3. The van der Waals surface area contributed by atoms with Crippen molar-refractivity contribution in [1.82, 2.24) is 4.68 Å². The topological polar surface area (TPSA) is 57.3 Å². The van der Waals surface area contributed by atoms with Gasteiger partial charge in [-0.05, 0) is 43.3 Å². The van der Waals surface area contributed by atoms with Crippen LogP contribution < -0.4 is 19.0 Å². The monoisotopic (exact) mass is 415 g/mol. The number of nitrogens with zero attached hydrogens (tertiary/aromatic N) is 3. The molecule has 0 bridgehead atoms. The number of thiazole rings is 1. The second-order valence-corrected chi connectivity index (χ2v) is 6.88. The van der Waals surface area contributed by atoms with Crippen molar-refractivity contribution in [2.24, 2.45) is 10.1 Å². The van der Waals surface area contributed by atoms with Crippen LogP contribution in [0.1, 0.15) is 12.5 Å². The Bertz CT molecular complexity index is 1080. The number of hydrogen-bond acceptors (Lipinski definition) is 6. The first-order chi connectivity index (χ1) is 14.0. The Morgan fingerprint density at radius 2 is 1.62 bits per heavy atom. The van der Waals surface area contributed by atoms with Crippen molar-refractivity contribution < 1.29 is 18.6 Å². The molecule has 0 unspecified atom stereocenters. The van der Waals surface area contributed by atoms with E-state index in [1.165, 1.54) is 23.5 Å². The molecule has 0 atom stereocenters. The van der Waals surface area contributed by atoms with Gasteiger partial charge in [0.15, 0.2) is 11.5 Å². The molecule has 1 aromatic heterocycles. The summed E-state index contributed by atoms with van der Waals surface area (Å²) in [5, 5.41) is 6.72. The summed E-state index contributed by atoms with van der Waals surface area (Å²) in [6.45, 7) is 1.89. The summed E-state index contributed by atoms with van der Waals surface area (Å²) in [5.41, 5.74) is 3.20. The highest BCUT2D eigenvalue weighted by molar-refractivity contribution is 7.07. The molecule has 0 fully saturated rings. The van der Waals surface area contributed by atoms with Crippen LogP contribution >= 0.6 is 11.3 Å². The van der Waals surface area contributed by atoms with Crippen LogP contribution in [0.4, 0.5) is 4.39 Å². The first kappa shape index (κ1) is 20.6. The van der Waals surface area contributed by atoms with Crippen LogP contribution in [0.25, 0.3) is 11.3 Å². The summed E-state index contributed by atoms with van der Waals surface area (Å²) in [4.78, 5) is 5.03. The summed E-state index contributed by atoms with van der Waals surface area (Å²) in [7, 11) is 6.41. The standard InChI is InChI=1S/C21H22FN3O3S/c1-13(15-10-18(26-3)20(28-5)19(11-15)27-4)24-25-17(12-29-21(25)23-2)14-6-8-16(22)9-7-14/h6-12H,1-5H3. The lowest BCUT2D eigenvalue weighted by Crippen LogP contribution is -2.14. The van der Waals surface area contributed by atoms with Crippen molar-refractivity contribution in [1.29, 1.82) is 0 Å². The Morgan fingerprint density at radius 1 is 1.00 bits per heavy atom. The number of rotatable bonds is 6. The molecule has 0 saturated carbocycles. The molecule has 0 N–H and O–H groups in total. The summed E-state index contributed by atoms with van der Waals surface area (Å²) in [5.74, 6) is 1.33. The number of ether oxygens (including phenoxy) is 3. The van der Waals surface area contributed by atoms with Crippen molar-refractivity contribution in [2.75, 3.05) is 28.4 Å². The molecule has 0 saturated heterocycles.